The molecule has 0 spiro atoms. The van der Waals surface area contributed by atoms with Crippen molar-refractivity contribution in [2.75, 3.05) is 19.6 Å². The third-order valence-electron chi connectivity index (χ3n) is 0.1000. The van der Waals surface area contributed by atoms with E-state index >= 15 is 0 Å². The highest BCUT2D eigenvalue weighted by molar-refractivity contribution is 6.15. The lowest BCUT2D eigenvalue weighted by Gasteiger charge is -1.70. The maximum atomic E-state index is 7.62. The van der Waals surface area contributed by atoms with Gasteiger partial charge in [0.05, 0.1) is 13.2 Å². The van der Waals surface area contributed by atoms with Crippen molar-refractivity contribution in [3.8, 4) is 0 Å². The summed E-state index contributed by atoms with van der Waals surface area (Å²) in [5.41, 5.74) is 0. The molecule has 2 nitrogen and oxygen atoms in total. The molecule has 0 aromatic rings. The molecule has 0 unspecified atom stereocenters. The SMILES string of the molecule is C=C.C=C.C=C.C=C.C=C.C=C.CCl.OCCO. The van der Waals surface area contributed by atoms with Crippen molar-refractivity contribution in [1.29, 1.82) is 0 Å². The van der Waals surface area contributed by atoms with Crippen molar-refractivity contribution in [3.05, 3.63) is 78.9 Å². The lowest BCUT2D eigenvalue weighted by Crippen LogP contribution is -1.85. The van der Waals surface area contributed by atoms with Crippen molar-refractivity contribution in [3.63, 3.8) is 0 Å². The number of halogens is 1. The zero-order valence-electron chi connectivity index (χ0n) is 12.2. The largest absolute Gasteiger partial charge is 0.394 e. The second-order valence-electron chi connectivity index (χ2n) is 0.447. The lowest BCUT2D eigenvalue weighted by atomic mass is 10.8. The Morgan fingerprint density at radius 1 is 0.500 bits per heavy atom. The number of hydrogen-bond acceptors (Lipinski definition) is 2. The molecule has 0 aliphatic rings. The van der Waals surface area contributed by atoms with Crippen molar-refractivity contribution < 1.29 is 10.2 Å². The van der Waals surface area contributed by atoms with Crippen LogP contribution in [0.1, 0.15) is 0 Å². The summed E-state index contributed by atoms with van der Waals surface area (Å²) in [5.74, 6) is 0. The van der Waals surface area contributed by atoms with Crippen LogP contribution in [0.3, 0.4) is 0 Å². The lowest BCUT2D eigenvalue weighted by molar-refractivity contribution is 0.186. The molecule has 0 saturated carbocycles. The summed E-state index contributed by atoms with van der Waals surface area (Å²) in [5, 5.41) is 15.2. The number of aliphatic hydroxyl groups is 2. The van der Waals surface area contributed by atoms with Gasteiger partial charge in [-0.1, -0.05) is 0 Å². The third-order valence-corrected chi connectivity index (χ3v) is 0.1000. The van der Waals surface area contributed by atoms with E-state index in [-0.39, 0.29) is 13.2 Å². The fourth-order valence-electron chi connectivity index (χ4n) is 0. The molecule has 112 valence electrons. The van der Waals surface area contributed by atoms with E-state index in [1.165, 1.54) is 6.38 Å². The van der Waals surface area contributed by atoms with Gasteiger partial charge in [0.1, 0.15) is 0 Å². The predicted octanol–water partition coefficient (Wildman–Crippen LogP) is 4.64. The van der Waals surface area contributed by atoms with Crippen LogP contribution in [0.25, 0.3) is 0 Å². The van der Waals surface area contributed by atoms with Gasteiger partial charge in [-0.05, 0) is 0 Å². The maximum Gasteiger partial charge on any atom is 0.0662 e. The smallest absolute Gasteiger partial charge is 0.0662 e. The Kier molecular flexibility index (Phi) is 24100. The Bertz CT molecular complexity index is 44.9. The molecule has 3 heteroatoms. The van der Waals surface area contributed by atoms with E-state index in [4.69, 9.17) is 10.2 Å². The molecule has 0 atom stereocenters. The molecule has 0 amide bonds. The van der Waals surface area contributed by atoms with Gasteiger partial charge in [-0.25, -0.2) is 0 Å². The van der Waals surface area contributed by atoms with Crippen LogP contribution in [0.15, 0.2) is 78.9 Å². The summed E-state index contributed by atoms with van der Waals surface area (Å²) in [6.45, 7) is 35.8. The summed E-state index contributed by atoms with van der Waals surface area (Å²) in [4.78, 5) is 0. The molecular weight excluding hydrogens is 248 g/mol. The molecule has 0 bridgehead atoms. The van der Waals surface area contributed by atoms with Crippen molar-refractivity contribution in [1.82, 2.24) is 0 Å². The Labute approximate surface area is 121 Å². The molecule has 0 heterocycles. The predicted molar refractivity (Wildman–Crippen MR) is 93.5 cm³/mol. The average molecular weight is 281 g/mol. The van der Waals surface area contributed by atoms with Gasteiger partial charge >= 0.3 is 0 Å². The van der Waals surface area contributed by atoms with Crippen LogP contribution in [0.2, 0.25) is 0 Å². The van der Waals surface area contributed by atoms with Crippen LogP contribution in [-0.4, -0.2) is 29.8 Å². The van der Waals surface area contributed by atoms with Gasteiger partial charge < -0.3 is 10.2 Å². The minimum atomic E-state index is -0.125. The first-order valence-electron chi connectivity index (χ1n) is 4.51. The van der Waals surface area contributed by atoms with Crippen LogP contribution in [0.5, 0.6) is 0 Å². The third kappa shape index (κ3) is 22300. The summed E-state index contributed by atoms with van der Waals surface area (Å²) in [6.07, 6.45) is 1.47. The highest BCUT2D eigenvalue weighted by atomic mass is 35.5. The van der Waals surface area contributed by atoms with E-state index in [1.54, 1.807) is 0 Å². The maximum absolute atomic E-state index is 7.62. The van der Waals surface area contributed by atoms with Gasteiger partial charge in [-0.15, -0.1) is 90.5 Å². The van der Waals surface area contributed by atoms with Gasteiger partial charge in [0.15, 0.2) is 0 Å². The minimum Gasteiger partial charge on any atom is -0.394 e. The first-order chi connectivity index (χ1) is 8.91. The molecule has 0 aliphatic carbocycles. The Hall–Kier alpha value is -1.35. The molecular formula is C15H33ClO2. The quantitative estimate of drug-likeness (QED) is 0.543. The second kappa shape index (κ2) is 7950. The van der Waals surface area contributed by atoms with Gasteiger partial charge in [-0.3, -0.25) is 0 Å². The van der Waals surface area contributed by atoms with E-state index < -0.39 is 0 Å². The van der Waals surface area contributed by atoms with Crippen LogP contribution < -0.4 is 0 Å². The Balaban J connectivity index is -0.0000000109. The van der Waals surface area contributed by atoms with Crippen molar-refractivity contribution in [2.45, 2.75) is 0 Å². The monoisotopic (exact) mass is 280 g/mol. The Morgan fingerprint density at radius 2 is 0.556 bits per heavy atom. The number of alkyl halides is 1. The van der Waals surface area contributed by atoms with Gasteiger partial charge in [0, 0.05) is 6.38 Å². The van der Waals surface area contributed by atoms with Crippen LogP contribution >= 0.6 is 11.6 Å². The molecule has 2 N–H and O–H groups in total. The summed E-state index contributed by atoms with van der Waals surface area (Å²) >= 11 is 4.64. The zero-order valence-corrected chi connectivity index (χ0v) is 12.9. The van der Waals surface area contributed by atoms with Crippen molar-refractivity contribution >= 4 is 11.6 Å². The molecule has 0 rings (SSSR count). The molecule has 0 aromatic heterocycles. The average Bonchev–Trinajstić information content (AvgIpc) is 2.60. The molecule has 0 aliphatic heterocycles. The van der Waals surface area contributed by atoms with Gasteiger partial charge in [-0.2, -0.15) is 0 Å². The number of rotatable bonds is 1. The van der Waals surface area contributed by atoms with Gasteiger partial charge in [0.2, 0.25) is 0 Å². The van der Waals surface area contributed by atoms with E-state index in [9.17, 15) is 0 Å². The highest BCUT2D eigenvalue weighted by Crippen LogP contribution is 1.39. The highest BCUT2D eigenvalue weighted by Gasteiger charge is 1.58. The molecule has 0 fully saturated rings. The van der Waals surface area contributed by atoms with Crippen molar-refractivity contribution in [2.24, 2.45) is 0 Å². The fourth-order valence-corrected chi connectivity index (χ4v) is 0. The van der Waals surface area contributed by atoms with Crippen LogP contribution in [-0.2, 0) is 0 Å². The molecule has 0 radical (unpaired) electrons. The minimum absolute atomic E-state index is 0.125. The normalized spacial score (nSPS) is 3.33. The van der Waals surface area contributed by atoms with E-state index in [2.05, 4.69) is 90.5 Å². The van der Waals surface area contributed by atoms with E-state index in [1.807, 2.05) is 0 Å². The van der Waals surface area contributed by atoms with E-state index in [0.717, 1.165) is 0 Å². The number of hydrogen-bond donors (Lipinski definition) is 2. The summed E-state index contributed by atoms with van der Waals surface area (Å²) in [6, 6.07) is 0. The van der Waals surface area contributed by atoms with Crippen LogP contribution in [0.4, 0.5) is 0 Å². The first kappa shape index (κ1) is 54.5. The summed E-state index contributed by atoms with van der Waals surface area (Å²) < 4.78 is 0. The summed E-state index contributed by atoms with van der Waals surface area (Å²) in [7, 11) is 0. The number of aliphatic hydroxyl groups excluding tert-OH is 2. The Morgan fingerprint density at radius 3 is 0.556 bits per heavy atom. The molecule has 18 heavy (non-hydrogen) atoms. The zero-order chi connectivity index (χ0) is 17.4. The second-order valence-corrected chi connectivity index (χ2v) is 0.447. The first-order valence-corrected chi connectivity index (χ1v) is 5.27. The standard InChI is InChI=1S/C2H6O2.6C2H4.CH3Cl/c3-1-2-4;7*1-2/h3-4H,1-2H2;6*1-2H2;1H3. The van der Waals surface area contributed by atoms with Crippen LogP contribution in [0, 0.1) is 0 Å². The molecule has 0 saturated heterocycles. The fraction of sp³-hybridized carbons (Fsp3) is 0.200. The molecule has 0 aromatic carbocycles. The topological polar surface area (TPSA) is 40.5 Å². The van der Waals surface area contributed by atoms with E-state index in [0.29, 0.717) is 0 Å². The van der Waals surface area contributed by atoms with Gasteiger partial charge in [0.25, 0.3) is 0 Å².